The van der Waals surface area contributed by atoms with E-state index in [1.54, 1.807) is 24.3 Å². The van der Waals surface area contributed by atoms with E-state index in [4.69, 9.17) is 4.74 Å². The van der Waals surface area contributed by atoms with Crippen molar-refractivity contribution in [2.24, 2.45) is 0 Å². The molecule has 2 aromatic carbocycles. The van der Waals surface area contributed by atoms with Gasteiger partial charge in [0.2, 0.25) is 5.91 Å². The summed E-state index contributed by atoms with van der Waals surface area (Å²) in [5, 5.41) is 5.78. The number of amides is 2. The molecule has 2 amide bonds. The monoisotopic (exact) mass is 395 g/mol. The summed E-state index contributed by atoms with van der Waals surface area (Å²) in [6.07, 6.45) is 0. The first-order valence-corrected chi connectivity index (χ1v) is 9.93. The molecule has 2 aromatic rings. The lowest BCUT2D eigenvalue weighted by molar-refractivity contribution is -0.118. The van der Waals surface area contributed by atoms with Crippen LogP contribution in [0.5, 0.6) is 0 Å². The third kappa shape index (κ3) is 6.14. The lowest BCUT2D eigenvalue weighted by atomic mass is 9.87. The summed E-state index contributed by atoms with van der Waals surface area (Å²) in [5.74, 6) is -0.211. The fraction of sp³-hybridized carbons (Fsp3) is 0.391. The van der Waals surface area contributed by atoms with Crippen LogP contribution in [0.15, 0.2) is 48.5 Å². The van der Waals surface area contributed by atoms with Gasteiger partial charge in [0.05, 0.1) is 19.8 Å². The highest BCUT2D eigenvalue weighted by atomic mass is 16.5. The quantitative estimate of drug-likeness (QED) is 0.813. The van der Waals surface area contributed by atoms with Crippen LogP contribution < -0.4 is 10.6 Å². The van der Waals surface area contributed by atoms with E-state index in [1.165, 1.54) is 5.56 Å². The summed E-state index contributed by atoms with van der Waals surface area (Å²) in [4.78, 5) is 26.7. The number of nitrogens with one attached hydrogen (secondary N) is 2. The molecular weight excluding hydrogens is 366 g/mol. The number of carbonyl (C=O) groups is 2. The molecule has 0 aromatic heterocycles. The van der Waals surface area contributed by atoms with E-state index in [0.717, 1.165) is 13.1 Å². The number of hydrogen-bond donors (Lipinski definition) is 2. The zero-order chi connectivity index (χ0) is 20.9. The molecule has 1 heterocycles. The molecule has 1 saturated heterocycles. The summed E-state index contributed by atoms with van der Waals surface area (Å²) in [6.45, 7) is 9.66. The van der Waals surface area contributed by atoms with Gasteiger partial charge in [0.25, 0.3) is 5.91 Å². The minimum atomic E-state index is -0.158. The van der Waals surface area contributed by atoms with Crippen LogP contribution in [-0.2, 0) is 14.9 Å². The molecule has 154 valence electrons. The Balaban J connectivity index is 1.53. The first-order valence-electron chi connectivity index (χ1n) is 9.93. The summed E-state index contributed by atoms with van der Waals surface area (Å²) >= 11 is 0. The molecule has 0 radical (unpaired) electrons. The fourth-order valence-electron chi connectivity index (χ4n) is 3.12. The third-order valence-corrected chi connectivity index (χ3v) is 4.91. The summed E-state index contributed by atoms with van der Waals surface area (Å²) < 4.78 is 5.29. The summed E-state index contributed by atoms with van der Waals surface area (Å²) in [6, 6.07) is 14.8. The second-order valence-corrected chi connectivity index (χ2v) is 8.30. The lowest BCUT2D eigenvalue weighted by Gasteiger charge is -2.25. The number of rotatable bonds is 5. The standard InChI is InChI=1S/C23H29N3O3/c1-23(2,3)18-6-4-17(5-7-18)22(28)25-20-10-8-19(9-11-20)24-21(27)16-26-12-14-29-15-13-26/h4-11H,12-16H2,1-3H3,(H,24,27)(H,25,28). The van der Waals surface area contributed by atoms with Gasteiger partial charge in [-0.1, -0.05) is 32.9 Å². The Morgan fingerprint density at radius 2 is 1.45 bits per heavy atom. The molecule has 2 N–H and O–H groups in total. The first-order chi connectivity index (χ1) is 13.8. The Morgan fingerprint density at radius 1 is 0.897 bits per heavy atom. The Morgan fingerprint density at radius 3 is 2.00 bits per heavy atom. The molecule has 29 heavy (non-hydrogen) atoms. The van der Waals surface area contributed by atoms with Crippen molar-refractivity contribution >= 4 is 23.2 Å². The molecule has 0 spiro atoms. The van der Waals surface area contributed by atoms with E-state index < -0.39 is 0 Å². The number of hydrogen-bond acceptors (Lipinski definition) is 4. The molecule has 0 atom stereocenters. The van der Waals surface area contributed by atoms with E-state index >= 15 is 0 Å². The smallest absolute Gasteiger partial charge is 0.255 e. The SMILES string of the molecule is CC(C)(C)c1ccc(C(=O)Nc2ccc(NC(=O)CN3CCOCC3)cc2)cc1. The fourth-order valence-corrected chi connectivity index (χ4v) is 3.12. The van der Waals surface area contributed by atoms with Crippen LogP contribution in [0.4, 0.5) is 11.4 Å². The predicted octanol–water partition coefficient (Wildman–Crippen LogP) is 3.51. The van der Waals surface area contributed by atoms with Gasteiger partial charge in [-0.05, 0) is 47.4 Å². The van der Waals surface area contributed by atoms with Crippen molar-refractivity contribution < 1.29 is 14.3 Å². The van der Waals surface area contributed by atoms with Crippen LogP contribution in [0.2, 0.25) is 0 Å². The zero-order valence-corrected chi connectivity index (χ0v) is 17.3. The molecule has 1 fully saturated rings. The number of morpholine rings is 1. The van der Waals surface area contributed by atoms with Gasteiger partial charge in [0.15, 0.2) is 0 Å². The van der Waals surface area contributed by atoms with Gasteiger partial charge in [0, 0.05) is 30.0 Å². The topological polar surface area (TPSA) is 70.7 Å². The van der Waals surface area contributed by atoms with Gasteiger partial charge in [-0.3, -0.25) is 14.5 Å². The molecule has 1 aliphatic rings. The highest BCUT2D eigenvalue weighted by Crippen LogP contribution is 2.22. The van der Waals surface area contributed by atoms with E-state index in [-0.39, 0.29) is 17.2 Å². The average molecular weight is 396 g/mol. The second kappa shape index (κ2) is 9.20. The van der Waals surface area contributed by atoms with Crippen molar-refractivity contribution in [2.75, 3.05) is 43.5 Å². The van der Waals surface area contributed by atoms with Gasteiger partial charge >= 0.3 is 0 Å². The maximum Gasteiger partial charge on any atom is 0.255 e. The van der Waals surface area contributed by atoms with E-state index in [0.29, 0.717) is 36.7 Å². The van der Waals surface area contributed by atoms with Crippen molar-refractivity contribution in [2.45, 2.75) is 26.2 Å². The van der Waals surface area contributed by atoms with Gasteiger partial charge < -0.3 is 15.4 Å². The van der Waals surface area contributed by atoms with Crippen LogP contribution in [0, 0.1) is 0 Å². The van der Waals surface area contributed by atoms with Gasteiger partial charge in [-0.15, -0.1) is 0 Å². The number of carbonyl (C=O) groups excluding carboxylic acids is 2. The van der Waals surface area contributed by atoms with Crippen molar-refractivity contribution in [3.63, 3.8) is 0 Å². The Kier molecular flexibility index (Phi) is 6.67. The molecule has 3 rings (SSSR count). The van der Waals surface area contributed by atoms with E-state index in [1.807, 2.05) is 24.3 Å². The molecule has 0 bridgehead atoms. The van der Waals surface area contributed by atoms with Crippen molar-refractivity contribution in [1.82, 2.24) is 4.90 Å². The molecule has 0 saturated carbocycles. The minimum absolute atomic E-state index is 0.0526. The third-order valence-electron chi connectivity index (χ3n) is 4.91. The number of nitrogens with zero attached hydrogens (tertiary/aromatic N) is 1. The molecule has 6 nitrogen and oxygen atoms in total. The molecular formula is C23H29N3O3. The van der Waals surface area contributed by atoms with Crippen LogP contribution in [-0.4, -0.2) is 49.6 Å². The largest absolute Gasteiger partial charge is 0.379 e. The van der Waals surface area contributed by atoms with E-state index in [9.17, 15) is 9.59 Å². The van der Waals surface area contributed by atoms with Crippen molar-refractivity contribution in [1.29, 1.82) is 0 Å². The van der Waals surface area contributed by atoms with Crippen molar-refractivity contribution in [3.8, 4) is 0 Å². The normalized spacial score (nSPS) is 15.0. The summed E-state index contributed by atoms with van der Waals surface area (Å²) in [7, 11) is 0. The van der Waals surface area contributed by atoms with E-state index in [2.05, 4.69) is 36.3 Å². The number of anilines is 2. The predicted molar refractivity (Wildman–Crippen MR) is 115 cm³/mol. The zero-order valence-electron chi connectivity index (χ0n) is 17.3. The first kappa shape index (κ1) is 21.0. The molecule has 0 unspecified atom stereocenters. The van der Waals surface area contributed by atoms with Crippen LogP contribution >= 0.6 is 0 Å². The van der Waals surface area contributed by atoms with Crippen LogP contribution in [0.3, 0.4) is 0 Å². The Labute approximate surface area is 172 Å². The Bertz CT molecular complexity index is 833. The summed E-state index contributed by atoms with van der Waals surface area (Å²) in [5.41, 5.74) is 3.24. The number of benzene rings is 2. The maximum atomic E-state index is 12.5. The van der Waals surface area contributed by atoms with Crippen LogP contribution in [0.25, 0.3) is 0 Å². The molecule has 1 aliphatic heterocycles. The molecule has 6 heteroatoms. The number of ether oxygens (including phenoxy) is 1. The minimum Gasteiger partial charge on any atom is -0.379 e. The maximum absolute atomic E-state index is 12.5. The average Bonchev–Trinajstić information content (AvgIpc) is 2.69. The van der Waals surface area contributed by atoms with Crippen LogP contribution in [0.1, 0.15) is 36.7 Å². The Hall–Kier alpha value is -2.70. The van der Waals surface area contributed by atoms with Gasteiger partial charge in [-0.2, -0.15) is 0 Å². The molecule has 0 aliphatic carbocycles. The second-order valence-electron chi connectivity index (χ2n) is 8.30. The lowest BCUT2D eigenvalue weighted by Crippen LogP contribution is -2.41. The highest BCUT2D eigenvalue weighted by molar-refractivity contribution is 6.04. The van der Waals surface area contributed by atoms with Gasteiger partial charge in [-0.25, -0.2) is 0 Å². The van der Waals surface area contributed by atoms with Crippen molar-refractivity contribution in [3.05, 3.63) is 59.7 Å². The van der Waals surface area contributed by atoms with Gasteiger partial charge in [0.1, 0.15) is 0 Å². The highest BCUT2D eigenvalue weighted by Gasteiger charge is 2.15.